The molecule has 0 aliphatic carbocycles. The third-order valence-corrected chi connectivity index (χ3v) is 3.64. The van der Waals surface area contributed by atoms with Gasteiger partial charge in [-0.25, -0.2) is 9.98 Å². The molecule has 2 atom stereocenters. The molecular formula is C15H20N6. The molecule has 2 rings (SSSR count). The van der Waals surface area contributed by atoms with Crippen LogP contribution in [0.4, 0.5) is 11.5 Å². The van der Waals surface area contributed by atoms with Crippen molar-refractivity contribution in [3.05, 3.63) is 17.3 Å². The molecule has 0 saturated carbocycles. The largest absolute Gasteiger partial charge is 0.355 e. The van der Waals surface area contributed by atoms with Crippen LogP contribution in [0.5, 0.6) is 0 Å². The van der Waals surface area contributed by atoms with E-state index in [0.717, 1.165) is 30.9 Å². The van der Waals surface area contributed by atoms with Crippen LogP contribution in [0.3, 0.4) is 0 Å². The molecule has 6 heteroatoms. The third-order valence-electron chi connectivity index (χ3n) is 3.64. The van der Waals surface area contributed by atoms with Crippen LogP contribution < -0.4 is 10.6 Å². The summed E-state index contributed by atoms with van der Waals surface area (Å²) < 4.78 is 0. The Labute approximate surface area is 125 Å². The lowest BCUT2D eigenvalue weighted by atomic mass is 9.96. The van der Waals surface area contributed by atoms with Crippen molar-refractivity contribution in [1.29, 1.82) is 5.26 Å². The minimum atomic E-state index is 0.146. The second-order valence-electron chi connectivity index (χ2n) is 5.51. The molecule has 2 heterocycles. The van der Waals surface area contributed by atoms with Crippen LogP contribution in [0.1, 0.15) is 24.5 Å². The van der Waals surface area contributed by atoms with Crippen LogP contribution >= 0.6 is 0 Å². The van der Waals surface area contributed by atoms with E-state index in [0.29, 0.717) is 17.2 Å². The van der Waals surface area contributed by atoms with Crippen molar-refractivity contribution in [2.24, 2.45) is 21.6 Å². The van der Waals surface area contributed by atoms with Gasteiger partial charge in [0.1, 0.15) is 18.2 Å². The average Bonchev–Trinajstić information content (AvgIpc) is 2.44. The van der Waals surface area contributed by atoms with E-state index in [1.54, 1.807) is 6.20 Å². The summed E-state index contributed by atoms with van der Waals surface area (Å²) in [5, 5.41) is 9.18. The zero-order valence-corrected chi connectivity index (χ0v) is 12.5. The van der Waals surface area contributed by atoms with Crippen LogP contribution in [0.25, 0.3) is 0 Å². The molecule has 6 nitrogen and oxygen atoms in total. The van der Waals surface area contributed by atoms with Gasteiger partial charge in [-0.2, -0.15) is 5.26 Å². The Morgan fingerprint density at radius 2 is 2.33 bits per heavy atom. The van der Waals surface area contributed by atoms with Gasteiger partial charge < -0.3 is 10.6 Å². The molecule has 2 N–H and O–H groups in total. The molecular weight excluding hydrogens is 264 g/mol. The molecule has 0 spiro atoms. The summed E-state index contributed by atoms with van der Waals surface area (Å²) in [5.41, 5.74) is 8.01. The van der Waals surface area contributed by atoms with E-state index < -0.39 is 0 Å². The maximum atomic E-state index is 9.18. The molecule has 1 aliphatic heterocycles. The minimum Gasteiger partial charge on any atom is -0.355 e. The van der Waals surface area contributed by atoms with E-state index in [4.69, 9.17) is 5.73 Å². The topological polar surface area (TPSA) is 90.7 Å². The van der Waals surface area contributed by atoms with Crippen LogP contribution in [0.2, 0.25) is 0 Å². The summed E-state index contributed by atoms with van der Waals surface area (Å²) in [5.74, 6) is 1.36. The average molecular weight is 284 g/mol. The van der Waals surface area contributed by atoms with Gasteiger partial charge in [-0.05, 0) is 26.0 Å². The maximum absolute atomic E-state index is 9.18. The van der Waals surface area contributed by atoms with Gasteiger partial charge in [0.25, 0.3) is 0 Å². The molecule has 0 amide bonds. The van der Waals surface area contributed by atoms with Crippen molar-refractivity contribution in [1.82, 2.24) is 4.98 Å². The summed E-state index contributed by atoms with van der Waals surface area (Å²) >= 11 is 0. The fourth-order valence-electron chi connectivity index (χ4n) is 2.83. The van der Waals surface area contributed by atoms with Crippen molar-refractivity contribution in [3.63, 3.8) is 0 Å². The Hall–Kier alpha value is -2.26. The first-order valence-electron chi connectivity index (χ1n) is 6.95. The van der Waals surface area contributed by atoms with Gasteiger partial charge in [0.15, 0.2) is 0 Å². The number of anilines is 1. The van der Waals surface area contributed by atoms with Crippen molar-refractivity contribution >= 4 is 24.6 Å². The molecule has 110 valence electrons. The molecule has 21 heavy (non-hydrogen) atoms. The highest BCUT2D eigenvalue weighted by Crippen LogP contribution is 2.32. The van der Waals surface area contributed by atoms with E-state index >= 15 is 0 Å². The molecule has 0 unspecified atom stereocenters. The lowest BCUT2D eigenvalue weighted by molar-refractivity contribution is 0.399. The van der Waals surface area contributed by atoms with Crippen molar-refractivity contribution in [2.75, 3.05) is 18.0 Å². The van der Waals surface area contributed by atoms with Crippen LogP contribution in [-0.2, 0) is 0 Å². The van der Waals surface area contributed by atoms with Crippen LogP contribution in [0, 0.1) is 24.2 Å². The Bertz CT molecular complexity index is 591. The number of rotatable bonds is 3. The zero-order chi connectivity index (χ0) is 15.4. The summed E-state index contributed by atoms with van der Waals surface area (Å²) in [7, 11) is 0. The van der Waals surface area contributed by atoms with E-state index in [-0.39, 0.29) is 6.04 Å². The first-order chi connectivity index (χ1) is 10.1. The number of piperidine rings is 1. The first kappa shape index (κ1) is 15.1. The summed E-state index contributed by atoms with van der Waals surface area (Å²) in [6.45, 7) is 9.16. The predicted octanol–water partition coefficient (Wildman–Crippen LogP) is 1.80. The Morgan fingerprint density at radius 3 is 2.95 bits per heavy atom. The zero-order valence-electron chi connectivity index (χ0n) is 12.5. The number of nitrogens with two attached hydrogens (primary N) is 1. The highest BCUT2D eigenvalue weighted by Gasteiger charge is 2.25. The van der Waals surface area contributed by atoms with Gasteiger partial charge in [-0.1, -0.05) is 6.92 Å². The van der Waals surface area contributed by atoms with Crippen LogP contribution in [0.15, 0.2) is 16.2 Å². The quantitative estimate of drug-likeness (QED) is 0.676. The number of nitriles is 1. The number of aromatic nitrogens is 1. The van der Waals surface area contributed by atoms with Gasteiger partial charge in [0, 0.05) is 30.9 Å². The highest BCUT2D eigenvalue weighted by molar-refractivity contribution is 5.73. The lowest BCUT2D eigenvalue weighted by Gasteiger charge is -2.36. The van der Waals surface area contributed by atoms with Crippen molar-refractivity contribution < 1.29 is 0 Å². The number of nitrogens with zero attached hydrogens (tertiary/aromatic N) is 5. The minimum absolute atomic E-state index is 0.146. The molecule has 1 aromatic rings. The maximum Gasteiger partial charge on any atom is 0.133 e. The van der Waals surface area contributed by atoms with Gasteiger partial charge in [-0.15, -0.1) is 0 Å². The smallest absolute Gasteiger partial charge is 0.133 e. The molecule has 1 saturated heterocycles. The van der Waals surface area contributed by atoms with E-state index in [9.17, 15) is 5.26 Å². The number of aliphatic imine (C=N–C) groups is 2. The second-order valence-corrected chi connectivity index (χ2v) is 5.51. The Kier molecular flexibility index (Phi) is 4.66. The SMILES string of the molecule is C=NC=Nc1c(C#N)cnc(N2C[C@@H](C)C[C@@H](N)C2)c1C. The fraction of sp³-hybridized carbons (Fsp3) is 0.467. The summed E-state index contributed by atoms with van der Waals surface area (Å²) in [4.78, 5) is 14.4. The molecule has 1 fully saturated rings. The Balaban J connectivity index is 2.43. The lowest BCUT2D eigenvalue weighted by Crippen LogP contribution is -2.47. The van der Waals surface area contributed by atoms with E-state index in [1.807, 2.05) is 6.92 Å². The van der Waals surface area contributed by atoms with Gasteiger partial charge in [-0.3, -0.25) is 4.99 Å². The number of hydrogen-bond acceptors (Lipinski definition) is 5. The summed E-state index contributed by atoms with van der Waals surface area (Å²) in [6, 6.07) is 2.26. The third kappa shape index (κ3) is 3.26. The van der Waals surface area contributed by atoms with Gasteiger partial charge in [0.05, 0.1) is 11.3 Å². The standard InChI is InChI=1S/C15H20N6/c1-10-4-13(17)8-21(7-10)15-11(2)14(20-9-18-3)12(5-16)6-19-15/h6,9-10,13H,3-4,7-8,17H2,1-2H3/t10-,13+/m0/s1. The second kappa shape index (κ2) is 6.46. The van der Waals surface area contributed by atoms with Crippen LogP contribution in [-0.4, -0.2) is 37.2 Å². The number of hydrogen-bond donors (Lipinski definition) is 1. The molecule has 0 aromatic carbocycles. The molecule has 1 aliphatic rings. The number of pyridine rings is 1. The predicted molar refractivity (Wildman–Crippen MR) is 85.4 cm³/mol. The monoisotopic (exact) mass is 284 g/mol. The molecule has 0 radical (unpaired) electrons. The van der Waals surface area contributed by atoms with Gasteiger partial charge >= 0.3 is 0 Å². The molecule has 0 bridgehead atoms. The first-order valence-corrected chi connectivity index (χ1v) is 6.95. The summed E-state index contributed by atoms with van der Waals surface area (Å²) in [6.07, 6.45) is 3.93. The van der Waals surface area contributed by atoms with Gasteiger partial charge in [0.2, 0.25) is 0 Å². The fourth-order valence-corrected chi connectivity index (χ4v) is 2.83. The highest BCUT2D eigenvalue weighted by atomic mass is 15.2. The normalized spacial score (nSPS) is 22.3. The Morgan fingerprint density at radius 1 is 1.57 bits per heavy atom. The van der Waals surface area contributed by atoms with Crippen molar-refractivity contribution in [3.8, 4) is 6.07 Å². The van der Waals surface area contributed by atoms with E-state index in [2.05, 4.69) is 39.6 Å². The van der Waals surface area contributed by atoms with E-state index in [1.165, 1.54) is 6.34 Å². The van der Waals surface area contributed by atoms with Crippen molar-refractivity contribution in [2.45, 2.75) is 26.3 Å². The molecule has 1 aromatic heterocycles.